The zero-order chi connectivity index (χ0) is 13.7. The summed E-state index contributed by atoms with van der Waals surface area (Å²) in [4.78, 5) is 0. The molecule has 2 rings (SSSR count). The fourth-order valence-electron chi connectivity index (χ4n) is 1.57. The molecule has 0 fully saturated rings. The minimum absolute atomic E-state index is 0.167. The van der Waals surface area contributed by atoms with Gasteiger partial charge in [0.25, 0.3) is 0 Å². The first kappa shape index (κ1) is 14.3. The highest BCUT2D eigenvalue weighted by Crippen LogP contribution is 2.26. The molecule has 0 bridgehead atoms. The molecule has 2 aromatic rings. The fourth-order valence-corrected chi connectivity index (χ4v) is 2.03. The van der Waals surface area contributed by atoms with Crippen molar-refractivity contribution in [1.29, 1.82) is 0 Å². The smallest absolute Gasteiger partial charge is 0.121 e. The van der Waals surface area contributed by atoms with Gasteiger partial charge in [0.2, 0.25) is 0 Å². The third-order valence-electron chi connectivity index (χ3n) is 2.48. The minimum atomic E-state index is 0.167. The molecule has 1 nitrogen and oxygen atoms in total. The van der Waals surface area contributed by atoms with E-state index >= 15 is 0 Å². The second kappa shape index (κ2) is 6.85. The van der Waals surface area contributed by atoms with Crippen molar-refractivity contribution in [3.05, 3.63) is 69.2 Å². The van der Waals surface area contributed by atoms with E-state index < -0.39 is 0 Å². The predicted molar refractivity (Wildman–Crippen MR) is 81.9 cm³/mol. The fraction of sp³-hybridized carbons (Fsp3) is 0.0667. The lowest BCUT2D eigenvalue weighted by Gasteiger charge is -2.07. The highest BCUT2D eigenvalue weighted by atomic mass is 35.5. The van der Waals surface area contributed by atoms with E-state index in [1.807, 2.05) is 42.5 Å². The van der Waals surface area contributed by atoms with Crippen LogP contribution in [-0.2, 0) is 6.61 Å². The number of hydrogen-bond donors (Lipinski definition) is 0. The second-order valence-corrected chi connectivity index (χ2v) is 5.31. The number of hydrogen-bond acceptors (Lipinski definition) is 1. The van der Waals surface area contributed by atoms with Crippen LogP contribution < -0.4 is 4.74 Å². The van der Waals surface area contributed by atoms with Crippen molar-refractivity contribution in [3.63, 3.8) is 0 Å². The Morgan fingerprint density at radius 2 is 1.79 bits per heavy atom. The van der Waals surface area contributed by atoms with E-state index in [-0.39, 0.29) is 4.49 Å². The van der Waals surface area contributed by atoms with Gasteiger partial charge in [0.15, 0.2) is 0 Å². The van der Waals surface area contributed by atoms with E-state index in [9.17, 15) is 0 Å². The van der Waals surface area contributed by atoms with Crippen molar-refractivity contribution >= 4 is 40.9 Å². The van der Waals surface area contributed by atoms with Crippen LogP contribution in [0.3, 0.4) is 0 Å². The minimum Gasteiger partial charge on any atom is -0.489 e. The van der Waals surface area contributed by atoms with E-state index in [0.29, 0.717) is 17.4 Å². The molecule has 0 aliphatic carbocycles. The molecule has 0 unspecified atom stereocenters. The molecule has 98 valence electrons. The van der Waals surface area contributed by atoms with Crippen LogP contribution in [0.4, 0.5) is 0 Å². The number of rotatable bonds is 4. The van der Waals surface area contributed by atoms with E-state index in [4.69, 9.17) is 39.5 Å². The zero-order valence-corrected chi connectivity index (χ0v) is 12.2. The number of halogens is 3. The lowest BCUT2D eigenvalue weighted by Crippen LogP contribution is -1.95. The summed E-state index contributed by atoms with van der Waals surface area (Å²) in [6, 6.07) is 15.3. The van der Waals surface area contributed by atoms with Crippen LogP contribution in [0.25, 0.3) is 6.08 Å². The Hall–Kier alpha value is -1.15. The topological polar surface area (TPSA) is 9.23 Å². The molecule has 4 heteroatoms. The Kier molecular flexibility index (Phi) is 5.15. The van der Waals surface area contributed by atoms with Crippen LogP contribution in [0.1, 0.15) is 11.1 Å². The maximum absolute atomic E-state index is 6.11. The van der Waals surface area contributed by atoms with Gasteiger partial charge in [0.05, 0.1) is 5.02 Å². The summed E-state index contributed by atoms with van der Waals surface area (Å²) < 4.78 is 5.83. The Morgan fingerprint density at radius 1 is 1.05 bits per heavy atom. The average molecular weight is 314 g/mol. The van der Waals surface area contributed by atoms with E-state index in [1.54, 1.807) is 12.1 Å². The summed E-state index contributed by atoms with van der Waals surface area (Å²) in [5.41, 5.74) is 1.86. The van der Waals surface area contributed by atoms with Crippen LogP contribution in [0, 0.1) is 0 Å². The summed E-state index contributed by atoms with van der Waals surface area (Å²) in [6.07, 6.45) is 1.59. The van der Waals surface area contributed by atoms with Gasteiger partial charge in [0, 0.05) is 0 Å². The molecule has 0 N–H and O–H groups in total. The molecule has 0 aliphatic heterocycles. The first-order valence-corrected chi connectivity index (χ1v) is 6.77. The first-order chi connectivity index (χ1) is 9.15. The van der Waals surface area contributed by atoms with Gasteiger partial charge in [-0.1, -0.05) is 65.1 Å². The molecular weight excluding hydrogens is 303 g/mol. The lowest BCUT2D eigenvalue weighted by molar-refractivity contribution is 0.306. The summed E-state index contributed by atoms with van der Waals surface area (Å²) in [5.74, 6) is 0.705. The molecule has 0 aromatic heterocycles. The third-order valence-corrected chi connectivity index (χ3v) is 3.03. The van der Waals surface area contributed by atoms with Crippen molar-refractivity contribution < 1.29 is 4.74 Å². The summed E-state index contributed by atoms with van der Waals surface area (Å²) in [5, 5.41) is 0.546. The Balaban J connectivity index is 2.06. The molecule has 0 saturated heterocycles. The van der Waals surface area contributed by atoms with E-state index in [0.717, 1.165) is 11.1 Å². The van der Waals surface area contributed by atoms with Gasteiger partial charge < -0.3 is 4.74 Å². The maximum atomic E-state index is 6.11. The first-order valence-electron chi connectivity index (χ1n) is 5.64. The van der Waals surface area contributed by atoms with Crippen LogP contribution in [0.2, 0.25) is 5.02 Å². The van der Waals surface area contributed by atoms with Crippen molar-refractivity contribution in [2.45, 2.75) is 6.61 Å². The summed E-state index contributed by atoms with van der Waals surface area (Å²) in [6.45, 7) is 0.503. The monoisotopic (exact) mass is 312 g/mol. The Labute approximate surface area is 127 Å². The van der Waals surface area contributed by atoms with E-state index in [1.165, 1.54) is 0 Å². The van der Waals surface area contributed by atoms with Gasteiger partial charge in [0.1, 0.15) is 16.8 Å². The summed E-state index contributed by atoms with van der Waals surface area (Å²) in [7, 11) is 0. The largest absolute Gasteiger partial charge is 0.489 e. The molecule has 0 amide bonds. The van der Waals surface area contributed by atoms with Crippen molar-refractivity contribution in [3.8, 4) is 5.75 Å². The van der Waals surface area contributed by atoms with Gasteiger partial charge in [-0.25, -0.2) is 0 Å². The quantitative estimate of drug-likeness (QED) is 0.704. The van der Waals surface area contributed by atoms with Gasteiger partial charge in [-0.05, 0) is 35.4 Å². The van der Waals surface area contributed by atoms with Crippen LogP contribution in [0.5, 0.6) is 5.75 Å². The molecule has 0 aliphatic rings. The van der Waals surface area contributed by atoms with Crippen LogP contribution >= 0.6 is 34.8 Å². The molecule has 0 saturated carbocycles. The van der Waals surface area contributed by atoms with Crippen molar-refractivity contribution in [2.75, 3.05) is 0 Å². The highest BCUT2D eigenvalue weighted by Gasteiger charge is 2.02. The third kappa shape index (κ3) is 4.46. The lowest BCUT2D eigenvalue weighted by atomic mass is 10.2. The zero-order valence-electron chi connectivity index (χ0n) is 9.95. The summed E-state index contributed by atoms with van der Waals surface area (Å²) >= 11 is 17.3. The predicted octanol–water partition coefficient (Wildman–Crippen LogP) is 5.70. The molecule has 0 atom stereocenters. The molecule has 0 radical (unpaired) electrons. The molecule has 0 heterocycles. The second-order valence-electron chi connectivity index (χ2n) is 3.89. The van der Waals surface area contributed by atoms with Crippen molar-refractivity contribution in [1.82, 2.24) is 0 Å². The maximum Gasteiger partial charge on any atom is 0.121 e. The Bertz CT molecular complexity index is 575. The van der Waals surface area contributed by atoms with Crippen LogP contribution in [0.15, 0.2) is 53.0 Å². The average Bonchev–Trinajstić information content (AvgIpc) is 2.40. The Morgan fingerprint density at radius 3 is 2.42 bits per heavy atom. The molecule has 19 heavy (non-hydrogen) atoms. The normalized spacial score (nSPS) is 10.1. The van der Waals surface area contributed by atoms with Crippen LogP contribution in [-0.4, -0.2) is 0 Å². The van der Waals surface area contributed by atoms with Crippen molar-refractivity contribution in [2.24, 2.45) is 0 Å². The molecule has 0 spiro atoms. The van der Waals surface area contributed by atoms with Gasteiger partial charge in [-0.15, -0.1) is 0 Å². The molecule has 2 aromatic carbocycles. The van der Waals surface area contributed by atoms with E-state index in [2.05, 4.69) is 0 Å². The van der Waals surface area contributed by atoms with Gasteiger partial charge in [-0.3, -0.25) is 0 Å². The standard InChI is InChI=1S/C15H11Cl3O/c16-14-9-13(7-6-12(14)8-15(17)18)19-10-11-4-2-1-3-5-11/h1-9H,10H2. The number of ether oxygens (including phenoxy) is 1. The van der Waals surface area contributed by atoms with Gasteiger partial charge in [-0.2, -0.15) is 0 Å². The van der Waals surface area contributed by atoms with Gasteiger partial charge >= 0.3 is 0 Å². The molecular formula is C15H11Cl3O. The SMILES string of the molecule is ClC(Cl)=Cc1ccc(OCc2ccccc2)cc1Cl. The number of benzene rings is 2. The highest BCUT2D eigenvalue weighted by molar-refractivity contribution is 6.57.